The van der Waals surface area contributed by atoms with Crippen molar-refractivity contribution >= 4 is 21.8 Å². The van der Waals surface area contributed by atoms with Gasteiger partial charge in [-0.1, -0.05) is 11.2 Å². The average Bonchev–Trinajstić information content (AvgIpc) is 2.47. The predicted molar refractivity (Wildman–Crippen MR) is 75.2 cm³/mol. The van der Waals surface area contributed by atoms with E-state index in [1.165, 1.54) is 18.3 Å². The number of ether oxygens (including phenoxy) is 1. The minimum atomic E-state index is -0.397. The van der Waals surface area contributed by atoms with Gasteiger partial charge in [-0.2, -0.15) is 0 Å². The summed E-state index contributed by atoms with van der Waals surface area (Å²) in [6.07, 6.45) is 1.52. The summed E-state index contributed by atoms with van der Waals surface area (Å²) in [4.78, 5) is 4.02. The SMILES string of the molecule is N/C(=N/O)c1ncccc1COc1cc(F)ccc1Br. The summed E-state index contributed by atoms with van der Waals surface area (Å²) in [5.74, 6) is -0.145. The number of oxime groups is 1. The third kappa shape index (κ3) is 3.24. The van der Waals surface area contributed by atoms with Gasteiger partial charge < -0.3 is 15.7 Å². The Balaban J connectivity index is 2.21. The highest BCUT2D eigenvalue weighted by atomic mass is 79.9. The van der Waals surface area contributed by atoms with E-state index in [9.17, 15) is 4.39 Å². The van der Waals surface area contributed by atoms with E-state index in [-0.39, 0.29) is 12.4 Å². The van der Waals surface area contributed by atoms with Gasteiger partial charge in [-0.3, -0.25) is 4.98 Å². The molecule has 0 unspecified atom stereocenters. The van der Waals surface area contributed by atoms with Gasteiger partial charge in [0.05, 0.1) is 4.47 Å². The highest BCUT2D eigenvalue weighted by molar-refractivity contribution is 9.10. The number of aromatic nitrogens is 1. The molecule has 2 rings (SSSR count). The number of hydrogen-bond acceptors (Lipinski definition) is 4. The number of nitrogens with zero attached hydrogens (tertiary/aromatic N) is 2. The Bertz CT molecular complexity index is 649. The topological polar surface area (TPSA) is 80.7 Å². The van der Waals surface area contributed by atoms with E-state index in [4.69, 9.17) is 15.7 Å². The summed E-state index contributed by atoms with van der Waals surface area (Å²) >= 11 is 3.27. The maximum Gasteiger partial charge on any atom is 0.189 e. The highest BCUT2D eigenvalue weighted by Gasteiger charge is 2.10. The van der Waals surface area contributed by atoms with Gasteiger partial charge in [0.15, 0.2) is 5.84 Å². The zero-order valence-electron chi connectivity index (χ0n) is 10.3. The molecule has 0 bridgehead atoms. The molecule has 7 heteroatoms. The maximum absolute atomic E-state index is 13.1. The van der Waals surface area contributed by atoms with Gasteiger partial charge in [-0.05, 0) is 34.1 Å². The van der Waals surface area contributed by atoms with Crippen LogP contribution >= 0.6 is 15.9 Å². The third-order valence-electron chi connectivity index (χ3n) is 2.52. The average molecular weight is 340 g/mol. The molecule has 0 atom stereocenters. The van der Waals surface area contributed by atoms with Gasteiger partial charge in [0.1, 0.15) is 23.9 Å². The van der Waals surface area contributed by atoms with Crippen molar-refractivity contribution in [1.29, 1.82) is 0 Å². The Hall–Kier alpha value is -2.15. The van der Waals surface area contributed by atoms with Crippen molar-refractivity contribution in [1.82, 2.24) is 4.98 Å². The molecule has 1 aromatic heterocycles. The fourth-order valence-electron chi connectivity index (χ4n) is 1.58. The summed E-state index contributed by atoms with van der Waals surface area (Å²) in [6, 6.07) is 7.58. The lowest BCUT2D eigenvalue weighted by Crippen LogP contribution is -2.18. The number of rotatable bonds is 4. The molecule has 3 N–H and O–H groups in total. The van der Waals surface area contributed by atoms with Crippen molar-refractivity contribution in [3.8, 4) is 5.75 Å². The Morgan fingerprint density at radius 1 is 1.45 bits per heavy atom. The van der Waals surface area contributed by atoms with Crippen LogP contribution in [-0.2, 0) is 6.61 Å². The van der Waals surface area contributed by atoms with Crippen LogP contribution in [0.4, 0.5) is 4.39 Å². The van der Waals surface area contributed by atoms with E-state index in [0.717, 1.165) is 0 Å². The van der Waals surface area contributed by atoms with E-state index in [0.29, 0.717) is 21.5 Å². The fraction of sp³-hybridized carbons (Fsp3) is 0.0769. The Morgan fingerprint density at radius 3 is 3.00 bits per heavy atom. The minimum absolute atomic E-state index is 0.109. The summed E-state index contributed by atoms with van der Waals surface area (Å²) in [5, 5.41) is 11.6. The van der Waals surface area contributed by atoms with E-state index in [1.54, 1.807) is 18.2 Å². The van der Waals surface area contributed by atoms with Gasteiger partial charge in [0.2, 0.25) is 0 Å². The number of hydrogen-bond donors (Lipinski definition) is 2. The molecule has 0 aliphatic rings. The molecule has 0 spiro atoms. The molecule has 0 fully saturated rings. The van der Waals surface area contributed by atoms with E-state index >= 15 is 0 Å². The summed E-state index contributed by atoms with van der Waals surface area (Å²) in [5.41, 5.74) is 6.48. The minimum Gasteiger partial charge on any atom is -0.488 e. The largest absolute Gasteiger partial charge is 0.488 e. The molecular formula is C13H11BrFN3O2. The first kappa shape index (κ1) is 14.3. The Labute approximate surface area is 123 Å². The summed E-state index contributed by atoms with van der Waals surface area (Å²) in [6.45, 7) is 0.113. The van der Waals surface area contributed by atoms with Gasteiger partial charge >= 0.3 is 0 Å². The molecule has 0 saturated carbocycles. The maximum atomic E-state index is 13.1. The Morgan fingerprint density at radius 2 is 2.25 bits per heavy atom. The first-order valence-electron chi connectivity index (χ1n) is 5.61. The van der Waals surface area contributed by atoms with Crippen molar-refractivity contribution < 1.29 is 14.3 Å². The second kappa shape index (κ2) is 6.33. The van der Waals surface area contributed by atoms with Crippen LogP contribution in [0.2, 0.25) is 0 Å². The van der Waals surface area contributed by atoms with Crippen molar-refractivity contribution in [2.24, 2.45) is 10.9 Å². The summed E-state index contributed by atoms with van der Waals surface area (Å²) < 4.78 is 19.3. The number of benzene rings is 1. The van der Waals surface area contributed by atoms with Crippen LogP contribution in [0.5, 0.6) is 5.75 Å². The molecule has 20 heavy (non-hydrogen) atoms. The molecule has 104 valence electrons. The molecular weight excluding hydrogens is 329 g/mol. The molecule has 0 aliphatic heterocycles. The monoisotopic (exact) mass is 339 g/mol. The van der Waals surface area contributed by atoms with Crippen molar-refractivity contribution in [3.05, 3.63) is 58.1 Å². The lowest BCUT2D eigenvalue weighted by atomic mass is 10.2. The predicted octanol–water partition coefficient (Wildman–Crippen LogP) is 2.66. The van der Waals surface area contributed by atoms with E-state index < -0.39 is 5.82 Å². The van der Waals surface area contributed by atoms with Crippen LogP contribution in [0.15, 0.2) is 46.2 Å². The standard InChI is InChI=1S/C13H11BrFN3O2/c14-10-4-3-9(15)6-11(10)20-7-8-2-1-5-17-12(8)13(16)18-19/h1-6,19H,7H2,(H2,16,18). The van der Waals surface area contributed by atoms with Crippen molar-refractivity contribution in [2.45, 2.75) is 6.61 Å². The molecule has 5 nitrogen and oxygen atoms in total. The molecule has 2 aromatic rings. The molecule has 0 amide bonds. The molecule has 0 radical (unpaired) electrons. The smallest absolute Gasteiger partial charge is 0.189 e. The number of halogens is 2. The fourth-order valence-corrected chi connectivity index (χ4v) is 1.94. The molecule has 1 aromatic carbocycles. The first-order valence-corrected chi connectivity index (χ1v) is 6.40. The van der Waals surface area contributed by atoms with Gasteiger partial charge in [-0.15, -0.1) is 0 Å². The number of amidine groups is 1. The van der Waals surface area contributed by atoms with Crippen LogP contribution in [0.1, 0.15) is 11.3 Å². The first-order chi connectivity index (χ1) is 9.61. The normalized spacial score (nSPS) is 11.4. The Kier molecular flexibility index (Phi) is 4.52. The lowest BCUT2D eigenvalue weighted by molar-refractivity contribution is 0.301. The second-order valence-electron chi connectivity index (χ2n) is 3.86. The zero-order chi connectivity index (χ0) is 14.5. The van der Waals surface area contributed by atoms with E-state index in [2.05, 4.69) is 26.1 Å². The van der Waals surface area contributed by atoms with Gasteiger partial charge in [-0.25, -0.2) is 4.39 Å². The highest BCUT2D eigenvalue weighted by Crippen LogP contribution is 2.26. The third-order valence-corrected chi connectivity index (χ3v) is 3.17. The second-order valence-corrected chi connectivity index (χ2v) is 4.71. The van der Waals surface area contributed by atoms with Crippen LogP contribution < -0.4 is 10.5 Å². The van der Waals surface area contributed by atoms with Crippen LogP contribution in [-0.4, -0.2) is 16.0 Å². The summed E-state index contributed by atoms with van der Waals surface area (Å²) in [7, 11) is 0. The van der Waals surface area contributed by atoms with Crippen LogP contribution in [0.25, 0.3) is 0 Å². The van der Waals surface area contributed by atoms with Gasteiger partial charge in [0.25, 0.3) is 0 Å². The van der Waals surface area contributed by atoms with Crippen molar-refractivity contribution in [3.63, 3.8) is 0 Å². The van der Waals surface area contributed by atoms with E-state index in [1.807, 2.05) is 0 Å². The quantitative estimate of drug-likeness (QED) is 0.388. The number of nitrogens with two attached hydrogens (primary N) is 1. The lowest BCUT2D eigenvalue weighted by Gasteiger charge is -2.10. The van der Waals surface area contributed by atoms with Gasteiger partial charge in [0, 0.05) is 17.8 Å². The molecule has 0 aliphatic carbocycles. The number of pyridine rings is 1. The zero-order valence-corrected chi connectivity index (χ0v) is 11.8. The van der Waals surface area contributed by atoms with Crippen molar-refractivity contribution in [2.75, 3.05) is 0 Å². The van der Waals surface area contributed by atoms with Crippen LogP contribution in [0, 0.1) is 5.82 Å². The molecule has 0 saturated heterocycles. The molecule has 1 heterocycles. The van der Waals surface area contributed by atoms with Crippen LogP contribution in [0.3, 0.4) is 0 Å².